The Kier molecular flexibility index (Phi) is 4.16. The van der Waals surface area contributed by atoms with E-state index >= 15 is 0 Å². The minimum absolute atomic E-state index is 0.673. The molecule has 2 atom stereocenters. The van der Waals surface area contributed by atoms with Gasteiger partial charge in [0.15, 0.2) is 0 Å². The molecule has 1 aromatic rings. The molecule has 1 heterocycles. The molecule has 2 unspecified atom stereocenters. The Morgan fingerprint density at radius 1 is 1.44 bits per heavy atom. The monoisotopic (exact) mass is 259 g/mol. The predicted octanol–water partition coefficient (Wildman–Crippen LogP) is 3.20. The van der Waals surface area contributed by atoms with Crippen molar-refractivity contribution in [2.45, 2.75) is 45.2 Å². The van der Waals surface area contributed by atoms with Crippen molar-refractivity contribution in [3.05, 3.63) is 10.0 Å². The normalized spacial score (nSPS) is 26.2. The molecule has 1 saturated carbocycles. The maximum absolute atomic E-state index is 6.03. The lowest BCUT2D eigenvalue weighted by Gasteiger charge is -2.35. The first-order chi connectivity index (χ1) is 7.68. The molecule has 0 bridgehead atoms. The number of aromatic nitrogens is 2. The van der Waals surface area contributed by atoms with E-state index in [9.17, 15) is 0 Å². The van der Waals surface area contributed by atoms with Crippen LogP contribution in [-0.4, -0.2) is 27.6 Å². The first kappa shape index (κ1) is 12.3. The van der Waals surface area contributed by atoms with Crippen LogP contribution in [0, 0.1) is 5.92 Å². The zero-order valence-electron chi connectivity index (χ0n) is 9.82. The molecule has 5 heteroatoms. The van der Waals surface area contributed by atoms with Gasteiger partial charge in [-0.05, 0) is 25.8 Å². The Morgan fingerprint density at radius 2 is 2.19 bits per heavy atom. The molecule has 1 aliphatic rings. The standard InChI is InChI=1S/C11H18ClN3S/c1-8-5-3-4-6-10(8)15(2)7-9-11(12)16-14-13-9/h8,10H,3-7H2,1-2H3. The van der Waals surface area contributed by atoms with Crippen LogP contribution in [-0.2, 0) is 6.54 Å². The molecule has 0 spiro atoms. The minimum atomic E-state index is 0.673. The van der Waals surface area contributed by atoms with E-state index in [1.807, 2.05) is 0 Å². The van der Waals surface area contributed by atoms with E-state index < -0.39 is 0 Å². The van der Waals surface area contributed by atoms with Gasteiger partial charge in [0.1, 0.15) is 10.0 Å². The van der Waals surface area contributed by atoms with Crippen LogP contribution in [0.5, 0.6) is 0 Å². The summed E-state index contributed by atoms with van der Waals surface area (Å²) in [7, 11) is 2.17. The van der Waals surface area contributed by atoms with Gasteiger partial charge < -0.3 is 0 Å². The largest absolute Gasteiger partial charge is 0.297 e. The summed E-state index contributed by atoms with van der Waals surface area (Å²) in [4.78, 5) is 2.38. The first-order valence-electron chi connectivity index (χ1n) is 5.85. The molecule has 3 nitrogen and oxygen atoms in total. The number of rotatable bonds is 3. The van der Waals surface area contributed by atoms with Gasteiger partial charge in [0, 0.05) is 24.1 Å². The van der Waals surface area contributed by atoms with E-state index in [1.165, 1.54) is 37.2 Å². The highest BCUT2D eigenvalue weighted by Gasteiger charge is 2.25. The van der Waals surface area contributed by atoms with E-state index in [1.54, 1.807) is 0 Å². The molecule has 1 fully saturated rings. The highest BCUT2D eigenvalue weighted by molar-refractivity contribution is 7.10. The molecule has 16 heavy (non-hydrogen) atoms. The molecule has 0 radical (unpaired) electrons. The van der Waals surface area contributed by atoms with Gasteiger partial charge in [-0.25, -0.2) is 0 Å². The third kappa shape index (κ3) is 2.73. The van der Waals surface area contributed by atoms with Crippen molar-refractivity contribution < 1.29 is 0 Å². The second-order valence-corrected chi connectivity index (χ2v) is 6.09. The van der Waals surface area contributed by atoms with E-state index in [-0.39, 0.29) is 0 Å². The van der Waals surface area contributed by atoms with Crippen LogP contribution < -0.4 is 0 Å². The molecule has 1 aliphatic carbocycles. The molecule has 90 valence electrons. The maximum Gasteiger partial charge on any atom is 0.138 e. The quantitative estimate of drug-likeness (QED) is 0.835. The molecule has 0 saturated heterocycles. The van der Waals surface area contributed by atoms with Gasteiger partial charge in [-0.1, -0.05) is 35.9 Å². The third-order valence-electron chi connectivity index (χ3n) is 3.54. The molecule has 2 rings (SSSR count). The molecular formula is C11H18ClN3S. The summed E-state index contributed by atoms with van der Waals surface area (Å²) in [6, 6.07) is 0.673. The van der Waals surface area contributed by atoms with Gasteiger partial charge in [-0.2, -0.15) is 0 Å². The fraction of sp³-hybridized carbons (Fsp3) is 0.818. The van der Waals surface area contributed by atoms with Crippen LogP contribution in [0.25, 0.3) is 0 Å². The molecule has 0 N–H and O–H groups in total. The fourth-order valence-corrected chi connectivity index (χ4v) is 3.21. The number of hydrogen-bond acceptors (Lipinski definition) is 4. The van der Waals surface area contributed by atoms with Crippen molar-refractivity contribution in [1.82, 2.24) is 14.5 Å². The Bertz CT molecular complexity index is 342. The van der Waals surface area contributed by atoms with Gasteiger partial charge in [0.25, 0.3) is 0 Å². The minimum Gasteiger partial charge on any atom is -0.297 e. The molecule has 0 aromatic carbocycles. The topological polar surface area (TPSA) is 29.0 Å². The van der Waals surface area contributed by atoms with Crippen LogP contribution in [0.3, 0.4) is 0 Å². The zero-order chi connectivity index (χ0) is 11.5. The lowest BCUT2D eigenvalue weighted by molar-refractivity contribution is 0.132. The Labute approximate surface area is 106 Å². The summed E-state index contributed by atoms with van der Waals surface area (Å²) in [6.45, 7) is 3.17. The summed E-state index contributed by atoms with van der Waals surface area (Å²) < 4.78 is 4.60. The smallest absolute Gasteiger partial charge is 0.138 e. The lowest BCUT2D eigenvalue weighted by Crippen LogP contribution is -2.38. The van der Waals surface area contributed by atoms with Crippen molar-refractivity contribution in [3.8, 4) is 0 Å². The van der Waals surface area contributed by atoms with Crippen LogP contribution in [0.15, 0.2) is 0 Å². The summed E-state index contributed by atoms with van der Waals surface area (Å²) in [5.41, 5.74) is 0.923. The summed E-state index contributed by atoms with van der Waals surface area (Å²) in [5.74, 6) is 0.782. The second-order valence-electron chi connectivity index (χ2n) is 4.74. The Morgan fingerprint density at radius 3 is 2.81 bits per heavy atom. The van der Waals surface area contributed by atoms with E-state index in [0.717, 1.165) is 22.5 Å². The van der Waals surface area contributed by atoms with Gasteiger partial charge in [-0.3, -0.25) is 4.90 Å². The highest BCUT2D eigenvalue weighted by Crippen LogP contribution is 2.29. The SMILES string of the molecule is CC1CCCCC1N(C)Cc1nnsc1Cl. The van der Waals surface area contributed by atoms with Crippen molar-refractivity contribution in [2.75, 3.05) is 7.05 Å². The van der Waals surface area contributed by atoms with Gasteiger partial charge in [-0.15, -0.1) is 5.10 Å². The van der Waals surface area contributed by atoms with Crippen LogP contribution in [0.4, 0.5) is 0 Å². The number of nitrogens with zero attached hydrogens (tertiary/aromatic N) is 3. The fourth-order valence-electron chi connectivity index (χ4n) is 2.60. The van der Waals surface area contributed by atoms with Gasteiger partial charge in [0.05, 0.1) is 0 Å². The van der Waals surface area contributed by atoms with Crippen molar-refractivity contribution in [1.29, 1.82) is 0 Å². The molecule has 0 aliphatic heterocycles. The zero-order valence-corrected chi connectivity index (χ0v) is 11.4. The van der Waals surface area contributed by atoms with E-state index in [2.05, 4.69) is 28.5 Å². The highest BCUT2D eigenvalue weighted by atomic mass is 35.5. The summed E-state index contributed by atoms with van der Waals surface area (Å²) in [6.07, 6.45) is 5.37. The van der Waals surface area contributed by atoms with Crippen molar-refractivity contribution in [2.24, 2.45) is 5.92 Å². The molecular weight excluding hydrogens is 242 g/mol. The average molecular weight is 260 g/mol. The van der Waals surface area contributed by atoms with Gasteiger partial charge in [0.2, 0.25) is 0 Å². The first-order valence-corrected chi connectivity index (χ1v) is 7.00. The van der Waals surface area contributed by atoms with Gasteiger partial charge >= 0.3 is 0 Å². The van der Waals surface area contributed by atoms with Crippen LogP contribution >= 0.6 is 23.1 Å². The molecule has 1 aromatic heterocycles. The third-order valence-corrected chi connectivity index (χ3v) is 4.53. The average Bonchev–Trinajstić information content (AvgIpc) is 2.65. The second kappa shape index (κ2) is 5.43. The maximum atomic E-state index is 6.03. The molecule has 0 amide bonds. The lowest BCUT2D eigenvalue weighted by atomic mass is 9.85. The van der Waals surface area contributed by atoms with Crippen molar-refractivity contribution >= 4 is 23.1 Å². The van der Waals surface area contributed by atoms with Crippen molar-refractivity contribution in [3.63, 3.8) is 0 Å². The predicted molar refractivity (Wildman–Crippen MR) is 67.8 cm³/mol. The summed E-state index contributed by atoms with van der Waals surface area (Å²) in [5, 5.41) is 4.07. The summed E-state index contributed by atoms with van der Waals surface area (Å²) >= 11 is 7.30. The number of halogens is 1. The Hall–Kier alpha value is -0.190. The van der Waals surface area contributed by atoms with Crippen LogP contribution in [0.2, 0.25) is 4.34 Å². The van der Waals surface area contributed by atoms with Crippen LogP contribution in [0.1, 0.15) is 38.3 Å². The van der Waals surface area contributed by atoms with E-state index in [0.29, 0.717) is 6.04 Å². The van der Waals surface area contributed by atoms with E-state index in [4.69, 9.17) is 11.6 Å². The Balaban J connectivity index is 1.96. The number of hydrogen-bond donors (Lipinski definition) is 0.